The van der Waals surface area contributed by atoms with Crippen molar-refractivity contribution in [3.63, 3.8) is 0 Å². The number of aliphatic hydroxyl groups is 1. The predicted molar refractivity (Wildman–Crippen MR) is 94.1 cm³/mol. The lowest BCUT2D eigenvalue weighted by Crippen LogP contribution is -2.28. The van der Waals surface area contributed by atoms with Crippen molar-refractivity contribution >= 4 is 16.7 Å². The second kappa shape index (κ2) is 6.72. The molecular weight excluding hydrogens is 302 g/mol. The molecule has 122 valence electrons. The lowest BCUT2D eigenvalue weighted by atomic mass is 10.0. The maximum atomic E-state index is 12.2. The number of phenols is 1. The molecule has 3 aromatic rings. The molecule has 3 N–H and O–H groups in total. The van der Waals surface area contributed by atoms with Crippen molar-refractivity contribution in [1.82, 2.24) is 5.32 Å². The van der Waals surface area contributed by atoms with Crippen LogP contribution in [0, 0.1) is 6.92 Å². The molecule has 1 atom stereocenters. The molecule has 4 nitrogen and oxygen atoms in total. The number of hydrogen-bond acceptors (Lipinski definition) is 3. The largest absolute Gasteiger partial charge is 0.508 e. The first-order valence-electron chi connectivity index (χ1n) is 7.78. The number of rotatable bonds is 4. The molecule has 0 bridgehead atoms. The fourth-order valence-corrected chi connectivity index (χ4v) is 2.72. The Hall–Kier alpha value is -2.85. The van der Waals surface area contributed by atoms with E-state index < -0.39 is 6.10 Å². The summed E-state index contributed by atoms with van der Waals surface area (Å²) in [5.41, 5.74) is 1.93. The molecule has 4 heteroatoms. The molecule has 0 saturated heterocycles. The lowest BCUT2D eigenvalue weighted by molar-refractivity contribution is 0.0916. The number of carbonyl (C=O) groups is 1. The van der Waals surface area contributed by atoms with E-state index >= 15 is 0 Å². The summed E-state index contributed by atoms with van der Waals surface area (Å²) in [5, 5.41) is 24.7. The van der Waals surface area contributed by atoms with E-state index in [9.17, 15) is 15.0 Å². The van der Waals surface area contributed by atoms with Gasteiger partial charge in [0.25, 0.3) is 5.91 Å². The van der Waals surface area contributed by atoms with Gasteiger partial charge < -0.3 is 15.5 Å². The van der Waals surface area contributed by atoms with E-state index in [1.165, 1.54) is 6.07 Å². The molecular formula is C20H19NO3. The Bertz CT molecular complexity index is 869. The normalized spacial score (nSPS) is 12.1. The van der Waals surface area contributed by atoms with Gasteiger partial charge in [-0.15, -0.1) is 0 Å². The lowest BCUT2D eigenvalue weighted by Gasteiger charge is -2.13. The third-order valence-corrected chi connectivity index (χ3v) is 3.94. The van der Waals surface area contributed by atoms with Crippen molar-refractivity contribution in [2.75, 3.05) is 6.54 Å². The van der Waals surface area contributed by atoms with Crippen LogP contribution in [0.5, 0.6) is 5.75 Å². The number of aliphatic hydroxyl groups excluding tert-OH is 1. The van der Waals surface area contributed by atoms with Gasteiger partial charge in [0.2, 0.25) is 0 Å². The second-order valence-electron chi connectivity index (χ2n) is 5.89. The van der Waals surface area contributed by atoms with Gasteiger partial charge in [-0.2, -0.15) is 0 Å². The summed E-state index contributed by atoms with van der Waals surface area (Å²) in [7, 11) is 0. The second-order valence-corrected chi connectivity index (χ2v) is 5.89. The third-order valence-electron chi connectivity index (χ3n) is 3.94. The number of aromatic hydroxyl groups is 1. The van der Waals surface area contributed by atoms with Crippen LogP contribution in [0.1, 0.15) is 27.6 Å². The summed E-state index contributed by atoms with van der Waals surface area (Å²) >= 11 is 0. The Kier molecular flexibility index (Phi) is 4.49. The van der Waals surface area contributed by atoms with Crippen molar-refractivity contribution in [3.05, 3.63) is 77.4 Å². The SMILES string of the molecule is Cc1cc(O)cc(C(=O)NCC(O)c2ccc3ccccc3c2)c1. The minimum Gasteiger partial charge on any atom is -0.508 e. The van der Waals surface area contributed by atoms with Crippen molar-refractivity contribution in [3.8, 4) is 5.75 Å². The molecule has 24 heavy (non-hydrogen) atoms. The van der Waals surface area contributed by atoms with Crippen molar-refractivity contribution < 1.29 is 15.0 Å². The van der Waals surface area contributed by atoms with Crippen molar-refractivity contribution in [2.24, 2.45) is 0 Å². The first-order valence-corrected chi connectivity index (χ1v) is 7.78. The molecule has 1 unspecified atom stereocenters. The average molecular weight is 321 g/mol. The number of amides is 1. The molecule has 0 saturated carbocycles. The van der Waals surface area contributed by atoms with Gasteiger partial charge in [-0.1, -0.05) is 36.4 Å². The minimum atomic E-state index is -0.794. The van der Waals surface area contributed by atoms with Crippen LogP contribution in [-0.4, -0.2) is 22.7 Å². The molecule has 0 fully saturated rings. The van der Waals surface area contributed by atoms with E-state index in [0.29, 0.717) is 5.56 Å². The van der Waals surface area contributed by atoms with Gasteiger partial charge in [-0.05, 0) is 53.1 Å². The van der Waals surface area contributed by atoms with Gasteiger partial charge in [0, 0.05) is 12.1 Å². The summed E-state index contributed by atoms with van der Waals surface area (Å²) in [5.74, 6) is -0.274. The van der Waals surface area contributed by atoms with Gasteiger partial charge in [-0.25, -0.2) is 0 Å². The maximum absolute atomic E-state index is 12.2. The number of fused-ring (bicyclic) bond motifs is 1. The van der Waals surface area contributed by atoms with Crippen LogP contribution in [0.4, 0.5) is 0 Å². The van der Waals surface area contributed by atoms with Crippen molar-refractivity contribution in [2.45, 2.75) is 13.0 Å². The van der Waals surface area contributed by atoms with Crippen molar-refractivity contribution in [1.29, 1.82) is 0 Å². The quantitative estimate of drug-likeness (QED) is 0.690. The van der Waals surface area contributed by atoms with Crippen LogP contribution in [0.2, 0.25) is 0 Å². The monoisotopic (exact) mass is 321 g/mol. The summed E-state index contributed by atoms with van der Waals surface area (Å²) in [6.45, 7) is 1.91. The van der Waals surface area contributed by atoms with Crippen LogP contribution >= 0.6 is 0 Å². The Morgan fingerprint density at radius 2 is 1.79 bits per heavy atom. The zero-order valence-electron chi connectivity index (χ0n) is 13.4. The number of nitrogens with one attached hydrogen (secondary N) is 1. The van der Waals surface area contributed by atoms with E-state index in [-0.39, 0.29) is 18.2 Å². The number of benzene rings is 3. The number of carbonyl (C=O) groups excluding carboxylic acids is 1. The molecule has 0 heterocycles. The average Bonchev–Trinajstić information content (AvgIpc) is 2.58. The van der Waals surface area contributed by atoms with Crippen LogP contribution in [0.3, 0.4) is 0 Å². The Labute approximate surface area is 140 Å². The molecule has 0 radical (unpaired) electrons. The Balaban J connectivity index is 1.69. The van der Waals surface area contributed by atoms with Crippen LogP contribution in [0.25, 0.3) is 10.8 Å². The zero-order chi connectivity index (χ0) is 17.1. The standard InChI is InChI=1S/C20H19NO3/c1-13-8-17(11-18(22)9-13)20(24)21-12-19(23)16-7-6-14-4-2-3-5-15(14)10-16/h2-11,19,22-23H,12H2,1H3,(H,21,24). The molecule has 0 aliphatic carbocycles. The molecule has 0 aliphatic heterocycles. The van der Waals surface area contributed by atoms with Gasteiger partial charge in [0.05, 0.1) is 6.10 Å². The van der Waals surface area contributed by atoms with Gasteiger partial charge in [-0.3, -0.25) is 4.79 Å². The highest BCUT2D eigenvalue weighted by atomic mass is 16.3. The number of phenolic OH excluding ortho intramolecular Hbond substituents is 1. The van der Waals surface area contributed by atoms with Gasteiger partial charge in [0.15, 0.2) is 0 Å². The fraction of sp³-hybridized carbons (Fsp3) is 0.150. The highest BCUT2D eigenvalue weighted by Crippen LogP contribution is 2.20. The molecule has 0 spiro atoms. The summed E-state index contributed by atoms with van der Waals surface area (Å²) in [6, 6.07) is 18.3. The van der Waals surface area contributed by atoms with E-state index in [1.807, 2.05) is 42.5 Å². The number of aryl methyl sites for hydroxylation is 1. The van der Waals surface area contributed by atoms with Crippen LogP contribution in [0.15, 0.2) is 60.7 Å². The zero-order valence-corrected chi connectivity index (χ0v) is 13.4. The highest BCUT2D eigenvalue weighted by molar-refractivity contribution is 5.94. The molecule has 0 aliphatic rings. The predicted octanol–water partition coefficient (Wildman–Crippen LogP) is 3.32. The van der Waals surface area contributed by atoms with Gasteiger partial charge in [0.1, 0.15) is 5.75 Å². The van der Waals surface area contributed by atoms with Gasteiger partial charge >= 0.3 is 0 Å². The molecule has 3 aromatic carbocycles. The summed E-state index contributed by atoms with van der Waals surface area (Å²) in [6.07, 6.45) is -0.794. The third kappa shape index (κ3) is 3.55. The van der Waals surface area contributed by atoms with Crippen LogP contribution < -0.4 is 5.32 Å². The molecule has 0 aromatic heterocycles. The molecule has 3 rings (SSSR count). The van der Waals surface area contributed by atoms with E-state index in [4.69, 9.17) is 0 Å². The number of hydrogen-bond donors (Lipinski definition) is 3. The first-order chi connectivity index (χ1) is 11.5. The molecule has 1 amide bonds. The Morgan fingerprint density at radius 1 is 1.04 bits per heavy atom. The minimum absolute atomic E-state index is 0.0511. The van der Waals surface area contributed by atoms with E-state index in [0.717, 1.165) is 21.9 Å². The van der Waals surface area contributed by atoms with E-state index in [2.05, 4.69) is 5.32 Å². The fourth-order valence-electron chi connectivity index (χ4n) is 2.72. The first kappa shape index (κ1) is 16.0. The highest BCUT2D eigenvalue weighted by Gasteiger charge is 2.12. The van der Waals surface area contributed by atoms with E-state index in [1.54, 1.807) is 19.1 Å². The summed E-state index contributed by atoms with van der Waals surface area (Å²) < 4.78 is 0. The van der Waals surface area contributed by atoms with Crippen LogP contribution in [-0.2, 0) is 0 Å². The topological polar surface area (TPSA) is 69.6 Å². The Morgan fingerprint density at radius 3 is 2.54 bits per heavy atom. The summed E-state index contributed by atoms with van der Waals surface area (Å²) in [4.78, 5) is 12.2. The maximum Gasteiger partial charge on any atom is 0.251 e. The smallest absolute Gasteiger partial charge is 0.251 e.